The normalized spacial score (nSPS) is 13.8. The fraction of sp³-hybridized carbons (Fsp3) is 0.364. The van der Waals surface area contributed by atoms with Crippen LogP contribution in [-0.2, 0) is 19.0 Å². The minimum Gasteiger partial charge on any atom is -0.508 e. The predicted molar refractivity (Wildman–Crippen MR) is 131 cm³/mol. The van der Waals surface area contributed by atoms with Gasteiger partial charge in [-0.05, 0) is 59.8 Å². The highest BCUT2D eigenvalue weighted by molar-refractivity contribution is 14.1. The van der Waals surface area contributed by atoms with Crippen LogP contribution in [0.25, 0.3) is 0 Å². The highest BCUT2D eigenvalue weighted by Crippen LogP contribution is 2.36. The second kappa shape index (κ2) is 12.2. The van der Waals surface area contributed by atoms with Crippen molar-refractivity contribution < 1.29 is 38.4 Å². The van der Waals surface area contributed by atoms with Gasteiger partial charge in [-0.15, -0.1) is 0 Å². The molecule has 1 amide bonds. The van der Waals surface area contributed by atoms with Crippen LogP contribution in [0.5, 0.6) is 17.2 Å². The summed E-state index contributed by atoms with van der Waals surface area (Å²) in [6, 6.07) is 9.92. The Hall–Kier alpha value is -2.38. The summed E-state index contributed by atoms with van der Waals surface area (Å²) in [4.78, 5) is 24.2. The Morgan fingerprint density at radius 3 is 2.76 bits per heavy atom. The summed E-state index contributed by atoms with van der Waals surface area (Å²) >= 11 is 5.99. The zero-order chi connectivity index (χ0) is 23.8. The van der Waals surface area contributed by atoms with Gasteiger partial charge in [-0.1, -0.05) is 0 Å². The first-order chi connectivity index (χ1) is 15.9. The van der Waals surface area contributed by atoms with Crippen LogP contribution in [0.2, 0.25) is 0 Å². The topological polar surface area (TPSA) is 113 Å². The number of amides is 1. The van der Waals surface area contributed by atoms with E-state index < -0.39 is 24.3 Å². The number of rotatable bonds is 10. The van der Waals surface area contributed by atoms with Gasteiger partial charge in [0.1, 0.15) is 11.9 Å². The Kier molecular flexibility index (Phi) is 9.32. The lowest BCUT2D eigenvalue weighted by atomic mass is 10.0. The van der Waals surface area contributed by atoms with Crippen molar-refractivity contribution in [1.29, 1.82) is 0 Å². The van der Waals surface area contributed by atoms with Gasteiger partial charge in [-0.25, -0.2) is 4.79 Å². The van der Waals surface area contributed by atoms with Crippen molar-refractivity contribution in [3.8, 4) is 17.2 Å². The zero-order valence-electron chi connectivity index (χ0n) is 17.8. The Balaban J connectivity index is 1.79. The summed E-state index contributed by atoms with van der Waals surface area (Å²) in [5.74, 6) is 0.534. The maximum Gasteiger partial charge on any atom is 0.412 e. The smallest absolute Gasteiger partial charge is 0.412 e. The van der Waals surface area contributed by atoms with Gasteiger partial charge in [-0.3, -0.25) is 10.1 Å². The number of esters is 1. The molecule has 178 valence electrons. The number of ether oxygens (including phenoxy) is 5. The molecule has 2 aromatic rings. The SMILES string of the molecule is CCO[C@H](CCOC(=O)CS)[C@H](OC(=O)Nc1ccc2c(c1)OCO2)c1cc(I)ccc1O. The van der Waals surface area contributed by atoms with Crippen molar-refractivity contribution in [3.05, 3.63) is 45.5 Å². The van der Waals surface area contributed by atoms with Crippen LogP contribution in [0.4, 0.5) is 10.5 Å². The highest BCUT2D eigenvalue weighted by Gasteiger charge is 2.31. The molecule has 3 rings (SSSR count). The van der Waals surface area contributed by atoms with Crippen LogP contribution in [-0.4, -0.2) is 49.0 Å². The molecule has 2 N–H and O–H groups in total. The molecule has 11 heteroatoms. The number of anilines is 1. The number of thiol groups is 1. The average molecular weight is 589 g/mol. The van der Waals surface area contributed by atoms with E-state index in [0.29, 0.717) is 29.4 Å². The fourth-order valence-corrected chi connectivity index (χ4v) is 3.81. The number of aromatic hydroxyl groups is 1. The van der Waals surface area contributed by atoms with Crippen LogP contribution in [0, 0.1) is 3.57 Å². The van der Waals surface area contributed by atoms with Gasteiger partial charge in [0.15, 0.2) is 17.6 Å². The number of nitrogens with one attached hydrogen (secondary N) is 1. The summed E-state index contributed by atoms with van der Waals surface area (Å²) in [5, 5.41) is 13.1. The number of hydrogen-bond donors (Lipinski definition) is 3. The summed E-state index contributed by atoms with van der Waals surface area (Å²) in [6.45, 7) is 2.27. The molecule has 33 heavy (non-hydrogen) atoms. The lowest BCUT2D eigenvalue weighted by molar-refractivity contribution is -0.142. The average Bonchev–Trinajstić information content (AvgIpc) is 3.26. The number of hydrogen-bond acceptors (Lipinski definition) is 9. The van der Waals surface area contributed by atoms with Crippen molar-refractivity contribution in [2.45, 2.75) is 25.6 Å². The molecule has 0 radical (unpaired) electrons. The van der Waals surface area contributed by atoms with Gasteiger partial charge in [0.05, 0.1) is 12.4 Å². The molecule has 0 spiro atoms. The molecule has 0 fully saturated rings. The summed E-state index contributed by atoms with van der Waals surface area (Å²) in [5.41, 5.74) is 0.826. The van der Waals surface area contributed by atoms with Gasteiger partial charge in [-0.2, -0.15) is 12.6 Å². The quantitative estimate of drug-likeness (QED) is 0.214. The highest BCUT2D eigenvalue weighted by atomic mass is 127. The van der Waals surface area contributed by atoms with Crippen molar-refractivity contribution in [2.24, 2.45) is 0 Å². The summed E-state index contributed by atoms with van der Waals surface area (Å²) in [6.07, 6.45) is -2.17. The van der Waals surface area contributed by atoms with Crippen molar-refractivity contribution in [3.63, 3.8) is 0 Å². The first kappa shape index (κ1) is 25.2. The molecule has 0 unspecified atom stereocenters. The van der Waals surface area contributed by atoms with Crippen LogP contribution in [0.3, 0.4) is 0 Å². The van der Waals surface area contributed by atoms with Crippen LogP contribution < -0.4 is 14.8 Å². The van der Waals surface area contributed by atoms with Crippen molar-refractivity contribution in [1.82, 2.24) is 0 Å². The molecule has 1 aliphatic heterocycles. The third kappa shape index (κ3) is 7.05. The minimum absolute atomic E-state index is 0.0401. The van der Waals surface area contributed by atoms with Crippen LogP contribution in [0.1, 0.15) is 25.0 Å². The standard InChI is InChI=1S/C22H24INO8S/c1-2-28-18(7-8-29-20(26)11-33)21(15-9-13(23)3-5-16(15)25)32-22(27)24-14-4-6-17-19(10-14)31-12-30-17/h3-6,9-10,18,21,25,33H,2,7-8,11-12H2,1H3,(H,24,27)/t18-,21-/m1/s1. The van der Waals surface area contributed by atoms with Gasteiger partial charge in [0, 0.05) is 33.9 Å². The van der Waals surface area contributed by atoms with Crippen LogP contribution >= 0.6 is 35.2 Å². The number of benzene rings is 2. The molecule has 2 aromatic carbocycles. The molecule has 1 aliphatic rings. The Morgan fingerprint density at radius 2 is 2.00 bits per heavy atom. The van der Waals surface area contributed by atoms with E-state index in [-0.39, 0.29) is 31.3 Å². The number of fused-ring (bicyclic) bond motifs is 1. The number of carbonyl (C=O) groups excluding carboxylic acids is 2. The van der Waals surface area contributed by atoms with Crippen molar-refractivity contribution >= 4 is 53.0 Å². The van der Waals surface area contributed by atoms with Gasteiger partial charge in [0.2, 0.25) is 6.79 Å². The van der Waals surface area contributed by atoms with E-state index in [1.807, 2.05) is 0 Å². The van der Waals surface area contributed by atoms with E-state index in [4.69, 9.17) is 23.7 Å². The molecule has 0 saturated heterocycles. The summed E-state index contributed by atoms with van der Waals surface area (Å²) in [7, 11) is 0. The lowest BCUT2D eigenvalue weighted by Gasteiger charge is -2.28. The number of carbonyl (C=O) groups is 2. The van der Waals surface area contributed by atoms with E-state index >= 15 is 0 Å². The monoisotopic (exact) mass is 589 g/mol. The summed E-state index contributed by atoms with van der Waals surface area (Å²) < 4.78 is 28.1. The molecular weight excluding hydrogens is 565 g/mol. The van der Waals surface area contributed by atoms with Gasteiger partial charge in [0.25, 0.3) is 0 Å². The first-order valence-corrected chi connectivity index (χ1v) is 11.9. The van der Waals surface area contributed by atoms with Gasteiger partial charge >= 0.3 is 12.1 Å². The molecule has 0 saturated carbocycles. The molecule has 1 heterocycles. The third-order valence-corrected chi connectivity index (χ3v) is 5.59. The molecule has 0 bridgehead atoms. The number of phenolic OH excluding ortho intramolecular Hbond substituents is 1. The molecule has 0 aromatic heterocycles. The second-order valence-electron chi connectivity index (χ2n) is 6.88. The molecule has 2 atom stereocenters. The first-order valence-electron chi connectivity index (χ1n) is 10.1. The van der Waals surface area contributed by atoms with Crippen molar-refractivity contribution in [2.75, 3.05) is 31.1 Å². The number of halogens is 1. The van der Waals surface area contributed by atoms with E-state index in [0.717, 1.165) is 3.57 Å². The van der Waals surface area contributed by atoms with E-state index in [9.17, 15) is 14.7 Å². The Bertz CT molecular complexity index is 989. The lowest BCUT2D eigenvalue weighted by Crippen LogP contribution is -2.30. The molecule has 9 nitrogen and oxygen atoms in total. The Labute approximate surface area is 210 Å². The zero-order valence-corrected chi connectivity index (χ0v) is 20.8. The predicted octanol–water partition coefficient (Wildman–Crippen LogP) is 4.28. The van der Waals surface area contributed by atoms with E-state index in [1.165, 1.54) is 6.07 Å². The van der Waals surface area contributed by atoms with Crippen LogP contribution in [0.15, 0.2) is 36.4 Å². The maximum absolute atomic E-state index is 12.8. The number of phenols is 1. The Morgan fingerprint density at radius 1 is 1.21 bits per heavy atom. The molecular formula is C22H24INO8S. The third-order valence-electron chi connectivity index (χ3n) is 4.66. The molecule has 0 aliphatic carbocycles. The minimum atomic E-state index is -0.969. The second-order valence-corrected chi connectivity index (χ2v) is 8.45. The van der Waals surface area contributed by atoms with E-state index in [1.54, 1.807) is 37.3 Å². The fourth-order valence-electron chi connectivity index (χ4n) is 3.20. The van der Waals surface area contributed by atoms with Gasteiger partial charge < -0.3 is 28.8 Å². The largest absolute Gasteiger partial charge is 0.508 e. The maximum atomic E-state index is 12.8. The van der Waals surface area contributed by atoms with E-state index in [2.05, 4.69) is 40.5 Å².